The van der Waals surface area contributed by atoms with Gasteiger partial charge in [-0.15, -0.1) is 0 Å². The predicted molar refractivity (Wildman–Crippen MR) is 97.2 cm³/mol. The maximum Gasteiger partial charge on any atom is 0.191 e. The van der Waals surface area contributed by atoms with Crippen molar-refractivity contribution in [3.63, 3.8) is 0 Å². The molecule has 1 aromatic heterocycles. The number of H-pyrrole nitrogens is 1. The molecule has 0 bridgehead atoms. The zero-order chi connectivity index (χ0) is 16.5. The van der Waals surface area contributed by atoms with Crippen molar-refractivity contribution in [2.45, 2.75) is 26.7 Å². The molecule has 0 aliphatic rings. The Labute approximate surface area is 138 Å². The SMILES string of the molecule is CCNC(=NCCCOC)NCCc1c[nH]c2c(C)cccc12. The molecule has 23 heavy (non-hydrogen) atoms. The van der Waals surface area contributed by atoms with E-state index < -0.39 is 0 Å². The Kier molecular flexibility index (Phi) is 6.94. The zero-order valence-electron chi connectivity index (χ0n) is 14.4. The first-order chi connectivity index (χ1) is 11.3. The van der Waals surface area contributed by atoms with Crippen molar-refractivity contribution < 1.29 is 4.74 Å². The van der Waals surface area contributed by atoms with E-state index in [1.165, 1.54) is 22.0 Å². The number of nitrogens with one attached hydrogen (secondary N) is 3. The molecular weight excluding hydrogens is 288 g/mol. The smallest absolute Gasteiger partial charge is 0.191 e. The van der Waals surface area contributed by atoms with Gasteiger partial charge in [0.25, 0.3) is 0 Å². The molecule has 0 saturated carbocycles. The first-order valence-corrected chi connectivity index (χ1v) is 8.33. The summed E-state index contributed by atoms with van der Waals surface area (Å²) in [6.45, 7) is 7.46. The van der Waals surface area contributed by atoms with Crippen molar-refractivity contribution in [1.82, 2.24) is 15.6 Å². The molecule has 126 valence electrons. The van der Waals surface area contributed by atoms with Gasteiger partial charge >= 0.3 is 0 Å². The van der Waals surface area contributed by atoms with Gasteiger partial charge in [-0.2, -0.15) is 0 Å². The first-order valence-electron chi connectivity index (χ1n) is 8.33. The minimum atomic E-state index is 0.748. The second-order valence-electron chi connectivity index (χ2n) is 5.60. The lowest BCUT2D eigenvalue weighted by atomic mass is 10.1. The third-order valence-electron chi connectivity index (χ3n) is 3.82. The second kappa shape index (κ2) is 9.20. The lowest BCUT2D eigenvalue weighted by Crippen LogP contribution is -2.38. The van der Waals surface area contributed by atoms with E-state index in [4.69, 9.17) is 4.74 Å². The number of hydrogen-bond donors (Lipinski definition) is 3. The maximum absolute atomic E-state index is 5.05. The normalized spacial score (nSPS) is 11.9. The van der Waals surface area contributed by atoms with Crippen LogP contribution in [0, 0.1) is 6.92 Å². The van der Waals surface area contributed by atoms with Crippen molar-refractivity contribution in [1.29, 1.82) is 0 Å². The van der Waals surface area contributed by atoms with Gasteiger partial charge in [0.15, 0.2) is 5.96 Å². The molecule has 0 aliphatic carbocycles. The maximum atomic E-state index is 5.05. The summed E-state index contributed by atoms with van der Waals surface area (Å²) in [4.78, 5) is 7.93. The fraction of sp³-hybridized carbons (Fsp3) is 0.500. The van der Waals surface area contributed by atoms with E-state index in [0.717, 1.165) is 45.0 Å². The van der Waals surface area contributed by atoms with Gasteiger partial charge in [0.1, 0.15) is 0 Å². The number of hydrogen-bond acceptors (Lipinski definition) is 2. The molecule has 0 radical (unpaired) electrons. The van der Waals surface area contributed by atoms with Gasteiger partial charge in [0.2, 0.25) is 0 Å². The molecule has 2 rings (SSSR count). The molecule has 5 heteroatoms. The number of para-hydroxylation sites is 1. The van der Waals surface area contributed by atoms with Crippen LogP contribution in [-0.4, -0.2) is 44.3 Å². The van der Waals surface area contributed by atoms with Crippen molar-refractivity contribution >= 4 is 16.9 Å². The van der Waals surface area contributed by atoms with Crippen LogP contribution in [0.25, 0.3) is 10.9 Å². The molecule has 0 aliphatic heterocycles. The Bertz CT molecular complexity index is 633. The fourth-order valence-electron chi connectivity index (χ4n) is 2.63. The van der Waals surface area contributed by atoms with Crippen LogP contribution in [0.15, 0.2) is 29.4 Å². The topological polar surface area (TPSA) is 61.4 Å². The van der Waals surface area contributed by atoms with Crippen LogP contribution in [0.1, 0.15) is 24.5 Å². The van der Waals surface area contributed by atoms with Gasteiger partial charge < -0.3 is 20.4 Å². The average molecular weight is 316 g/mol. The number of nitrogens with zero attached hydrogens (tertiary/aromatic N) is 1. The number of ether oxygens (including phenoxy) is 1. The van der Waals surface area contributed by atoms with Gasteiger partial charge in [-0.25, -0.2) is 0 Å². The van der Waals surface area contributed by atoms with Crippen molar-refractivity contribution in [2.24, 2.45) is 4.99 Å². The van der Waals surface area contributed by atoms with E-state index in [1.807, 2.05) is 0 Å². The van der Waals surface area contributed by atoms with Gasteiger partial charge in [-0.1, -0.05) is 18.2 Å². The minimum Gasteiger partial charge on any atom is -0.385 e. The summed E-state index contributed by atoms with van der Waals surface area (Å²) >= 11 is 0. The fourth-order valence-corrected chi connectivity index (χ4v) is 2.63. The van der Waals surface area contributed by atoms with E-state index >= 15 is 0 Å². The Hall–Kier alpha value is -2.01. The second-order valence-corrected chi connectivity index (χ2v) is 5.60. The van der Waals surface area contributed by atoms with Crippen LogP contribution in [0.5, 0.6) is 0 Å². The van der Waals surface area contributed by atoms with E-state index in [1.54, 1.807) is 7.11 Å². The summed E-state index contributed by atoms with van der Waals surface area (Å²) in [6, 6.07) is 6.43. The highest BCUT2D eigenvalue weighted by Gasteiger charge is 2.05. The van der Waals surface area contributed by atoms with Crippen LogP contribution in [0.2, 0.25) is 0 Å². The molecule has 0 fully saturated rings. The standard InChI is InChI=1S/C18H28N4O/c1-4-19-18(20-10-6-12-23-3)21-11-9-15-13-22-17-14(2)7-5-8-16(15)17/h5,7-8,13,22H,4,6,9-12H2,1-3H3,(H2,19,20,21). The number of aryl methyl sites for hydroxylation is 1. The Morgan fingerprint density at radius 2 is 2.17 bits per heavy atom. The predicted octanol–water partition coefficient (Wildman–Crippen LogP) is 2.61. The zero-order valence-corrected chi connectivity index (χ0v) is 14.4. The number of guanidine groups is 1. The van der Waals surface area contributed by atoms with Crippen LogP contribution in [0.3, 0.4) is 0 Å². The molecule has 2 aromatic rings. The van der Waals surface area contributed by atoms with Crippen LogP contribution in [0.4, 0.5) is 0 Å². The number of benzene rings is 1. The van der Waals surface area contributed by atoms with Crippen LogP contribution in [-0.2, 0) is 11.2 Å². The quantitative estimate of drug-likeness (QED) is 0.398. The van der Waals surface area contributed by atoms with Crippen LogP contribution >= 0.6 is 0 Å². The summed E-state index contributed by atoms with van der Waals surface area (Å²) in [5.74, 6) is 0.875. The molecule has 0 unspecified atom stereocenters. The average Bonchev–Trinajstić information content (AvgIpc) is 2.96. The number of methoxy groups -OCH3 is 1. The highest BCUT2D eigenvalue weighted by atomic mass is 16.5. The molecular formula is C18H28N4O. The summed E-state index contributed by atoms with van der Waals surface area (Å²) in [5, 5.41) is 7.99. The Morgan fingerprint density at radius 3 is 2.96 bits per heavy atom. The number of aromatic nitrogens is 1. The minimum absolute atomic E-state index is 0.748. The van der Waals surface area contributed by atoms with Crippen molar-refractivity contribution in [3.8, 4) is 0 Å². The van der Waals surface area contributed by atoms with Gasteiger partial charge in [-0.3, -0.25) is 4.99 Å². The molecule has 0 amide bonds. The molecule has 0 saturated heterocycles. The Morgan fingerprint density at radius 1 is 1.30 bits per heavy atom. The van der Waals surface area contributed by atoms with Gasteiger partial charge in [0, 0.05) is 50.5 Å². The summed E-state index contributed by atoms with van der Waals surface area (Å²) < 4.78 is 5.05. The van der Waals surface area contributed by atoms with E-state index in [9.17, 15) is 0 Å². The Balaban J connectivity index is 1.89. The summed E-state index contributed by atoms with van der Waals surface area (Å²) in [6.07, 6.45) is 4.02. The molecule has 5 nitrogen and oxygen atoms in total. The third kappa shape index (κ3) is 4.99. The first kappa shape index (κ1) is 17.3. The summed E-state index contributed by atoms with van der Waals surface area (Å²) in [5.41, 5.74) is 3.86. The number of rotatable bonds is 8. The lowest BCUT2D eigenvalue weighted by molar-refractivity contribution is 0.197. The van der Waals surface area contributed by atoms with Crippen LogP contribution < -0.4 is 10.6 Å². The van der Waals surface area contributed by atoms with Crippen molar-refractivity contribution in [3.05, 3.63) is 35.5 Å². The molecule has 0 spiro atoms. The molecule has 1 aromatic carbocycles. The number of aliphatic imine (C=N–C) groups is 1. The third-order valence-corrected chi connectivity index (χ3v) is 3.82. The molecule has 0 atom stereocenters. The van der Waals surface area contributed by atoms with E-state index in [-0.39, 0.29) is 0 Å². The van der Waals surface area contributed by atoms with E-state index in [0.29, 0.717) is 0 Å². The van der Waals surface area contributed by atoms with Crippen molar-refractivity contribution in [2.75, 3.05) is 33.4 Å². The number of fused-ring (bicyclic) bond motifs is 1. The van der Waals surface area contributed by atoms with Gasteiger partial charge in [-0.05, 0) is 37.8 Å². The largest absolute Gasteiger partial charge is 0.385 e. The summed E-state index contributed by atoms with van der Waals surface area (Å²) in [7, 11) is 1.72. The molecule has 1 heterocycles. The molecule has 3 N–H and O–H groups in total. The monoisotopic (exact) mass is 316 g/mol. The highest BCUT2D eigenvalue weighted by Crippen LogP contribution is 2.21. The van der Waals surface area contributed by atoms with E-state index in [2.05, 4.69) is 58.9 Å². The number of aromatic amines is 1. The lowest BCUT2D eigenvalue weighted by Gasteiger charge is -2.11. The van der Waals surface area contributed by atoms with Gasteiger partial charge in [0.05, 0.1) is 0 Å². The highest BCUT2D eigenvalue weighted by molar-refractivity contribution is 5.86.